The zero-order valence-corrected chi connectivity index (χ0v) is 22.1. The van der Waals surface area contributed by atoms with Gasteiger partial charge in [-0.25, -0.2) is 9.67 Å². The number of hydrogen-bond donors (Lipinski definition) is 1. The molecule has 3 aromatic rings. The number of fused-ring (bicyclic) bond motifs is 2. The van der Waals surface area contributed by atoms with Crippen molar-refractivity contribution < 1.29 is 50.8 Å². The zero-order valence-electron chi connectivity index (χ0n) is 22.1. The number of aromatic nitrogens is 3. The number of alkyl halides is 5. The normalized spacial score (nSPS) is 27.4. The Bertz CT molecular complexity index is 1590. The molecule has 0 unspecified atom stereocenters. The van der Waals surface area contributed by atoms with Gasteiger partial charge in [0.2, 0.25) is 5.88 Å². The summed E-state index contributed by atoms with van der Waals surface area (Å²) in [6.45, 7) is 1.65. The number of nitrogens with zero attached hydrogens (tertiary/aromatic N) is 3. The predicted octanol–water partition coefficient (Wildman–Crippen LogP) is 6.15. The van der Waals surface area contributed by atoms with E-state index >= 15 is 0 Å². The third kappa shape index (κ3) is 4.26. The van der Waals surface area contributed by atoms with Gasteiger partial charge < -0.3 is 24.1 Å². The molecule has 1 N–H and O–H groups in total. The monoisotopic (exact) mass is 593 g/mol. The van der Waals surface area contributed by atoms with Crippen LogP contribution in [0, 0.1) is 5.41 Å². The average molecular weight is 594 g/mol. The Morgan fingerprint density at radius 3 is 2.60 bits per heavy atom. The van der Waals surface area contributed by atoms with E-state index in [4.69, 9.17) is 9.47 Å². The Morgan fingerprint density at radius 2 is 1.88 bits per heavy atom. The fourth-order valence-corrected chi connectivity index (χ4v) is 6.59. The predicted molar refractivity (Wildman–Crippen MR) is 131 cm³/mol. The molecule has 2 bridgehead atoms. The lowest BCUT2D eigenvalue weighted by atomic mass is 9.41. The van der Waals surface area contributed by atoms with Crippen LogP contribution in [0.5, 0.6) is 17.4 Å². The van der Waals surface area contributed by atoms with E-state index in [1.165, 1.54) is 41.2 Å². The van der Waals surface area contributed by atoms with E-state index in [1.807, 2.05) is 0 Å². The van der Waals surface area contributed by atoms with Crippen molar-refractivity contribution in [3.8, 4) is 23.1 Å². The van der Waals surface area contributed by atoms with Crippen molar-refractivity contribution >= 4 is 5.97 Å². The number of carboxylic acid groups (broad SMARTS) is 1. The SMILES string of the molecule is C[C@H](Oc1cc(-n2nc(C(F)(F)F)c3c2[C@@H](OC24CC(C(=O)O)(C2)C4)CCC3)ccn1)c1ccc2c(c1)OC(F)(F)O2. The molecule has 0 amide bonds. The van der Waals surface area contributed by atoms with Crippen LogP contribution < -0.4 is 14.2 Å². The van der Waals surface area contributed by atoms with Crippen molar-refractivity contribution in [2.24, 2.45) is 5.41 Å². The summed E-state index contributed by atoms with van der Waals surface area (Å²) in [6, 6.07) is 7.15. The van der Waals surface area contributed by atoms with Gasteiger partial charge in [-0.05, 0) is 69.2 Å². The first-order chi connectivity index (χ1) is 19.8. The van der Waals surface area contributed by atoms with E-state index < -0.39 is 47.4 Å². The van der Waals surface area contributed by atoms with Gasteiger partial charge in [0, 0.05) is 17.8 Å². The molecule has 14 heteroatoms. The Hall–Kier alpha value is -3.94. The van der Waals surface area contributed by atoms with Crippen molar-refractivity contribution in [1.82, 2.24) is 14.8 Å². The van der Waals surface area contributed by atoms with Gasteiger partial charge in [-0.1, -0.05) is 6.07 Å². The number of hydrogen-bond acceptors (Lipinski definition) is 7. The number of benzene rings is 1. The molecule has 8 rings (SSSR count). The highest BCUT2D eigenvalue weighted by Crippen LogP contribution is 2.70. The van der Waals surface area contributed by atoms with E-state index in [1.54, 1.807) is 6.92 Å². The summed E-state index contributed by atoms with van der Waals surface area (Å²) >= 11 is 0. The van der Waals surface area contributed by atoms with E-state index in [-0.39, 0.29) is 40.7 Å². The third-order valence-corrected chi connectivity index (χ3v) is 8.47. The Morgan fingerprint density at radius 1 is 1.14 bits per heavy atom. The molecule has 3 saturated carbocycles. The number of pyridine rings is 1. The van der Waals surface area contributed by atoms with Gasteiger partial charge >= 0.3 is 18.4 Å². The van der Waals surface area contributed by atoms with Gasteiger partial charge in [-0.15, -0.1) is 8.78 Å². The largest absolute Gasteiger partial charge is 0.586 e. The second-order valence-corrected chi connectivity index (χ2v) is 11.4. The molecule has 5 aliphatic rings. The van der Waals surface area contributed by atoms with Crippen molar-refractivity contribution in [2.45, 2.75) is 75.7 Å². The standard InChI is InChI=1S/C28H24F5N3O6/c1-14(15-5-6-18-20(9-15)42-28(32,33)41-18)39-21-10-16(7-8-34-21)36-22-17(23(35-36)27(29,30)31)3-2-4-19(22)40-26-11-25(12-26,13-26)24(37)38/h5-10,14,19H,2-4,11-13H2,1H3,(H,37,38)/t14-,19-,25?,26?/m0/s1. The molecule has 2 aromatic heterocycles. The molecule has 222 valence electrons. The molecule has 2 atom stereocenters. The van der Waals surface area contributed by atoms with Crippen LogP contribution in [0.25, 0.3) is 5.69 Å². The summed E-state index contributed by atoms with van der Waals surface area (Å²) in [5, 5.41) is 13.4. The molecule has 9 nitrogen and oxygen atoms in total. The second kappa shape index (κ2) is 8.79. The smallest absolute Gasteiger partial charge is 0.481 e. The van der Waals surface area contributed by atoms with E-state index in [2.05, 4.69) is 19.6 Å². The molecule has 0 radical (unpaired) electrons. The van der Waals surface area contributed by atoms with Crippen molar-refractivity contribution in [2.75, 3.05) is 0 Å². The van der Waals surface area contributed by atoms with Gasteiger partial charge in [0.1, 0.15) is 12.2 Å². The maximum Gasteiger partial charge on any atom is 0.586 e. The molecule has 1 aliphatic heterocycles. The molecule has 4 aliphatic carbocycles. The lowest BCUT2D eigenvalue weighted by Crippen LogP contribution is -2.71. The highest BCUT2D eigenvalue weighted by atomic mass is 19.4. The van der Waals surface area contributed by atoms with Gasteiger partial charge in [0.15, 0.2) is 17.2 Å². The van der Waals surface area contributed by atoms with Gasteiger partial charge in [-0.2, -0.15) is 18.3 Å². The van der Waals surface area contributed by atoms with Crippen LogP contribution in [0.4, 0.5) is 22.0 Å². The number of aliphatic carboxylic acids is 1. The van der Waals surface area contributed by atoms with E-state index in [9.17, 15) is 31.9 Å². The summed E-state index contributed by atoms with van der Waals surface area (Å²) in [4.78, 5) is 15.7. The van der Waals surface area contributed by atoms with Crippen LogP contribution in [0.15, 0.2) is 36.5 Å². The third-order valence-electron chi connectivity index (χ3n) is 8.47. The Labute approximate surface area is 235 Å². The number of carbonyl (C=O) groups is 1. The van der Waals surface area contributed by atoms with Crippen LogP contribution >= 0.6 is 0 Å². The first kappa shape index (κ1) is 26.9. The molecule has 0 spiro atoms. The lowest BCUT2D eigenvalue weighted by molar-refractivity contribution is -0.300. The second-order valence-electron chi connectivity index (χ2n) is 11.4. The summed E-state index contributed by atoms with van der Waals surface area (Å²) in [6.07, 6.45) is -6.38. The van der Waals surface area contributed by atoms with Crippen molar-refractivity contribution in [3.63, 3.8) is 0 Å². The lowest BCUT2D eigenvalue weighted by Gasteiger charge is -2.67. The van der Waals surface area contributed by atoms with E-state index in [0.29, 0.717) is 37.7 Å². The minimum Gasteiger partial charge on any atom is -0.481 e. The summed E-state index contributed by atoms with van der Waals surface area (Å²) < 4.78 is 91.5. The van der Waals surface area contributed by atoms with Crippen LogP contribution in [-0.2, 0) is 22.1 Å². The highest BCUT2D eigenvalue weighted by Gasteiger charge is 2.73. The van der Waals surface area contributed by atoms with Crippen LogP contribution in [0.1, 0.15) is 73.8 Å². The Balaban J connectivity index is 1.18. The first-order valence-electron chi connectivity index (χ1n) is 13.4. The van der Waals surface area contributed by atoms with Crippen molar-refractivity contribution in [1.29, 1.82) is 0 Å². The van der Waals surface area contributed by atoms with Crippen LogP contribution in [0.3, 0.4) is 0 Å². The number of rotatable bonds is 7. The fraction of sp³-hybridized carbons (Fsp3) is 0.464. The van der Waals surface area contributed by atoms with Gasteiger partial charge in [0.05, 0.1) is 22.4 Å². The topological polar surface area (TPSA) is 105 Å². The van der Waals surface area contributed by atoms with Gasteiger partial charge in [0.25, 0.3) is 0 Å². The number of carboxylic acids is 1. The summed E-state index contributed by atoms with van der Waals surface area (Å²) in [5.41, 5.74) is -1.35. The van der Waals surface area contributed by atoms with Crippen molar-refractivity contribution in [3.05, 3.63) is 59.0 Å². The minimum atomic E-state index is -4.70. The molecular formula is C28H24F5N3O6. The van der Waals surface area contributed by atoms with Crippen LogP contribution in [0.2, 0.25) is 0 Å². The molecule has 3 heterocycles. The number of ether oxygens (including phenoxy) is 4. The highest BCUT2D eigenvalue weighted by molar-refractivity contribution is 5.79. The van der Waals surface area contributed by atoms with Gasteiger partial charge in [-0.3, -0.25) is 4.79 Å². The van der Waals surface area contributed by atoms with Crippen LogP contribution in [-0.4, -0.2) is 37.7 Å². The first-order valence-corrected chi connectivity index (χ1v) is 13.4. The fourth-order valence-electron chi connectivity index (χ4n) is 6.59. The maximum absolute atomic E-state index is 14.1. The summed E-state index contributed by atoms with van der Waals surface area (Å²) in [5.74, 6) is -1.08. The molecule has 42 heavy (non-hydrogen) atoms. The molecule has 1 aromatic carbocycles. The molecule has 3 fully saturated rings. The molecule has 0 saturated heterocycles. The summed E-state index contributed by atoms with van der Waals surface area (Å²) in [7, 11) is 0. The minimum absolute atomic E-state index is 0.0584. The number of halogens is 5. The zero-order chi connectivity index (χ0) is 29.7. The van der Waals surface area contributed by atoms with E-state index in [0.717, 1.165) is 0 Å². The average Bonchev–Trinajstić information content (AvgIpc) is 3.41. The molecular weight excluding hydrogens is 569 g/mol. The Kier molecular flexibility index (Phi) is 5.63. The quantitative estimate of drug-likeness (QED) is 0.326. The maximum atomic E-state index is 14.1.